The van der Waals surface area contributed by atoms with E-state index in [-0.39, 0.29) is 10.3 Å². The Morgan fingerprint density at radius 1 is 1.27 bits per heavy atom. The summed E-state index contributed by atoms with van der Waals surface area (Å²) >= 11 is 1.34. The zero-order valence-electron chi connectivity index (χ0n) is 13.0. The molecule has 5 nitrogen and oxygen atoms in total. The summed E-state index contributed by atoms with van der Waals surface area (Å²) in [4.78, 5) is 15.3. The van der Waals surface area contributed by atoms with Crippen LogP contribution in [0.5, 0.6) is 0 Å². The van der Waals surface area contributed by atoms with E-state index in [4.69, 9.17) is 0 Å². The van der Waals surface area contributed by atoms with Gasteiger partial charge in [-0.2, -0.15) is 11.8 Å². The van der Waals surface area contributed by atoms with E-state index in [1.807, 2.05) is 26.8 Å². The highest BCUT2D eigenvalue weighted by molar-refractivity contribution is 8.00. The summed E-state index contributed by atoms with van der Waals surface area (Å²) in [6.07, 6.45) is 3.21. The van der Waals surface area contributed by atoms with Crippen molar-refractivity contribution in [2.75, 3.05) is 6.26 Å². The largest absolute Gasteiger partial charge is 0.360 e. The molecular weight excluding hydrogens is 320 g/mol. The lowest BCUT2D eigenvalue weighted by Gasteiger charge is -2.27. The number of para-hydroxylation sites is 1. The number of sulfonamides is 1. The number of hydrogen-bond donors (Lipinski definition) is 2. The van der Waals surface area contributed by atoms with Gasteiger partial charge in [0.25, 0.3) is 10.0 Å². The van der Waals surface area contributed by atoms with Gasteiger partial charge in [0.05, 0.1) is 5.25 Å². The highest BCUT2D eigenvalue weighted by Gasteiger charge is 2.33. The Morgan fingerprint density at radius 2 is 1.91 bits per heavy atom. The second kappa shape index (κ2) is 5.96. The number of carbonyl (C=O) groups is 1. The Kier molecular flexibility index (Phi) is 4.58. The van der Waals surface area contributed by atoms with Crippen molar-refractivity contribution in [3.63, 3.8) is 0 Å². The van der Waals surface area contributed by atoms with Crippen LogP contribution in [0.25, 0.3) is 10.9 Å². The molecule has 1 amide bonds. The van der Waals surface area contributed by atoms with E-state index < -0.39 is 21.2 Å². The smallest absolute Gasteiger partial charge is 0.266 e. The third-order valence-electron chi connectivity index (χ3n) is 3.34. The van der Waals surface area contributed by atoms with Crippen molar-refractivity contribution < 1.29 is 13.2 Å². The Balaban J connectivity index is 2.34. The molecule has 1 aromatic carbocycles. The maximum absolute atomic E-state index is 12.5. The monoisotopic (exact) mass is 340 g/mol. The lowest BCUT2D eigenvalue weighted by molar-refractivity contribution is -0.120. The quantitative estimate of drug-likeness (QED) is 0.897. The lowest BCUT2D eigenvalue weighted by Crippen LogP contribution is -2.42. The van der Waals surface area contributed by atoms with Gasteiger partial charge in [0.2, 0.25) is 5.91 Å². The van der Waals surface area contributed by atoms with E-state index in [0.717, 1.165) is 0 Å². The van der Waals surface area contributed by atoms with E-state index >= 15 is 0 Å². The number of rotatable bonds is 4. The van der Waals surface area contributed by atoms with Gasteiger partial charge in [-0.05, 0) is 17.7 Å². The number of benzene rings is 1. The van der Waals surface area contributed by atoms with Gasteiger partial charge in [-0.25, -0.2) is 13.1 Å². The van der Waals surface area contributed by atoms with E-state index in [9.17, 15) is 13.2 Å². The minimum Gasteiger partial charge on any atom is -0.360 e. The van der Waals surface area contributed by atoms with Gasteiger partial charge >= 0.3 is 0 Å². The van der Waals surface area contributed by atoms with Crippen LogP contribution in [0.1, 0.15) is 20.8 Å². The Bertz CT molecular complexity index is 788. The molecule has 7 heteroatoms. The van der Waals surface area contributed by atoms with Gasteiger partial charge < -0.3 is 4.98 Å². The van der Waals surface area contributed by atoms with Gasteiger partial charge in [-0.15, -0.1) is 0 Å². The SMILES string of the molecule is CSC(C(=O)NS(=O)(=O)c1c[nH]c2ccccc12)C(C)(C)C. The second-order valence-electron chi connectivity index (χ2n) is 6.15. The highest BCUT2D eigenvalue weighted by atomic mass is 32.2. The summed E-state index contributed by atoms with van der Waals surface area (Å²) < 4.78 is 27.2. The predicted molar refractivity (Wildman–Crippen MR) is 90.4 cm³/mol. The fourth-order valence-electron chi connectivity index (χ4n) is 2.36. The molecule has 0 aliphatic heterocycles. The first-order valence-electron chi connectivity index (χ1n) is 6.82. The summed E-state index contributed by atoms with van der Waals surface area (Å²) in [6, 6.07) is 7.07. The Labute approximate surface area is 134 Å². The fourth-order valence-corrected chi connectivity index (χ4v) is 4.59. The average molecular weight is 340 g/mol. The minimum atomic E-state index is -3.90. The van der Waals surface area contributed by atoms with Gasteiger partial charge in [-0.1, -0.05) is 39.0 Å². The number of thioether (sulfide) groups is 1. The number of fused-ring (bicyclic) bond motifs is 1. The number of carbonyl (C=O) groups excluding carboxylic acids is 1. The summed E-state index contributed by atoms with van der Waals surface area (Å²) in [5.41, 5.74) is 0.381. The molecule has 0 spiro atoms. The molecule has 2 N–H and O–H groups in total. The topological polar surface area (TPSA) is 79.0 Å². The third-order valence-corrected chi connectivity index (χ3v) is 6.12. The summed E-state index contributed by atoms with van der Waals surface area (Å²) in [5.74, 6) is -0.495. The lowest BCUT2D eigenvalue weighted by atomic mass is 9.91. The van der Waals surface area contributed by atoms with Crippen LogP contribution < -0.4 is 4.72 Å². The first-order chi connectivity index (χ1) is 10.2. The normalized spacial score (nSPS) is 14.0. The molecule has 0 radical (unpaired) electrons. The molecule has 1 atom stereocenters. The molecule has 0 saturated heterocycles. The van der Waals surface area contributed by atoms with Crippen LogP contribution in [0, 0.1) is 5.41 Å². The molecule has 22 heavy (non-hydrogen) atoms. The molecule has 1 heterocycles. The van der Waals surface area contributed by atoms with E-state index in [1.165, 1.54) is 18.0 Å². The van der Waals surface area contributed by atoms with E-state index in [2.05, 4.69) is 9.71 Å². The molecule has 0 aliphatic carbocycles. The van der Waals surface area contributed by atoms with Crippen LogP contribution in [-0.4, -0.2) is 30.8 Å². The molecule has 1 aromatic heterocycles. The molecule has 2 aromatic rings. The number of H-pyrrole nitrogens is 1. The number of aromatic nitrogens is 1. The van der Waals surface area contributed by atoms with Crippen molar-refractivity contribution in [1.82, 2.24) is 9.71 Å². The zero-order chi connectivity index (χ0) is 16.5. The molecule has 0 bridgehead atoms. The molecule has 120 valence electrons. The van der Waals surface area contributed by atoms with Crippen molar-refractivity contribution >= 4 is 38.6 Å². The van der Waals surface area contributed by atoms with Crippen LogP contribution in [0.2, 0.25) is 0 Å². The average Bonchev–Trinajstić information content (AvgIpc) is 2.81. The van der Waals surface area contributed by atoms with E-state index in [0.29, 0.717) is 10.9 Å². The van der Waals surface area contributed by atoms with Gasteiger partial charge in [0, 0.05) is 17.1 Å². The highest BCUT2D eigenvalue weighted by Crippen LogP contribution is 2.30. The van der Waals surface area contributed by atoms with Crippen molar-refractivity contribution in [3.05, 3.63) is 30.5 Å². The maximum Gasteiger partial charge on any atom is 0.266 e. The number of nitrogens with one attached hydrogen (secondary N) is 2. The number of amides is 1. The molecule has 0 saturated carbocycles. The van der Waals surface area contributed by atoms with Crippen LogP contribution in [0.3, 0.4) is 0 Å². The van der Waals surface area contributed by atoms with Crippen LogP contribution in [0.15, 0.2) is 35.4 Å². The molecule has 1 unspecified atom stereocenters. The minimum absolute atomic E-state index is 0.0882. The second-order valence-corrected chi connectivity index (χ2v) is 8.74. The first-order valence-corrected chi connectivity index (χ1v) is 9.59. The molecule has 0 aliphatic rings. The summed E-state index contributed by atoms with van der Waals surface area (Å²) in [7, 11) is -3.90. The van der Waals surface area contributed by atoms with Crippen molar-refractivity contribution in [2.45, 2.75) is 30.9 Å². The summed E-state index contributed by atoms with van der Waals surface area (Å²) in [5, 5.41) is 0.117. The van der Waals surface area contributed by atoms with Crippen LogP contribution >= 0.6 is 11.8 Å². The number of aromatic amines is 1. The zero-order valence-corrected chi connectivity index (χ0v) is 14.6. The third kappa shape index (κ3) is 3.30. The van der Waals surface area contributed by atoms with Crippen LogP contribution in [-0.2, 0) is 14.8 Å². The van der Waals surface area contributed by atoms with Gasteiger partial charge in [-0.3, -0.25) is 4.79 Å². The van der Waals surface area contributed by atoms with Crippen molar-refractivity contribution in [1.29, 1.82) is 0 Å². The van der Waals surface area contributed by atoms with Gasteiger partial charge in [0.1, 0.15) is 4.90 Å². The van der Waals surface area contributed by atoms with Crippen molar-refractivity contribution in [2.24, 2.45) is 5.41 Å². The molecule has 0 fully saturated rings. The fraction of sp³-hybridized carbons (Fsp3) is 0.400. The Hall–Kier alpha value is -1.47. The predicted octanol–water partition coefficient (Wildman–Crippen LogP) is 2.75. The maximum atomic E-state index is 12.5. The Morgan fingerprint density at radius 3 is 2.50 bits per heavy atom. The number of hydrogen-bond acceptors (Lipinski definition) is 4. The first kappa shape index (κ1) is 16.9. The molecular formula is C15H20N2O3S2. The van der Waals surface area contributed by atoms with E-state index in [1.54, 1.807) is 24.5 Å². The molecule has 2 rings (SSSR count). The summed E-state index contributed by atoms with van der Waals surface area (Å²) in [6.45, 7) is 5.73. The van der Waals surface area contributed by atoms with Gasteiger partial charge in [0.15, 0.2) is 0 Å². The van der Waals surface area contributed by atoms with Crippen molar-refractivity contribution in [3.8, 4) is 0 Å². The standard InChI is InChI=1S/C15H20N2O3S2/c1-15(2,3)13(21-4)14(18)17-22(19,20)12-9-16-11-8-6-5-7-10(11)12/h5-9,13,16H,1-4H3,(H,17,18). The van der Waals surface area contributed by atoms with Crippen LogP contribution in [0.4, 0.5) is 0 Å².